The number of fused-ring (bicyclic) bond motifs is 2. The molecule has 2 aliphatic rings. The zero-order valence-electron chi connectivity index (χ0n) is 32.7. The van der Waals surface area contributed by atoms with Gasteiger partial charge in [0.15, 0.2) is 0 Å². The number of hydrogen-bond donors (Lipinski definition) is 2. The molecule has 2 N–H and O–H groups in total. The molecule has 2 aromatic heterocycles. The Kier molecular flexibility index (Phi) is 13.4. The van der Waals surface area contributed by atoms with Crippen LogP contribution in [0, 0.1) is 35.3 Å². The highest BCUT2D eigenvalue weighted by Gasteiger charge is 2.32. The maximum Gasteiger partial charge on any atom is 0.227 e. The molecular formula is C48H48Cl2F2N4O2. The van der Waals surface area contributed by atoms with Crippen molar-refractivity contribution in [2.45, 2.75) is 77.0 Å². The van der Waals surface area contributed by atoms with E-state index in [2.05, 4.69) is 20.6 Å². The van der Waals surface area contributed by atoms with E-state index >= 15 is 0 Å². The molecule has 300 valence electrons. The summed E-state index contributed by atoms with van der Waals surface area (Å²) >= 11 is 11.8. The molecule has 58 heavy (non-hydrogen) atoms. The van der Waals surface area contributed by atoms with E-state index in [9.17, 15) is 18.4 Å². The molecule has 10 heteroatoms. The minimum absolute atomic E-state index is 0.0483. The topological polar surface area (TPSA) is 84.0 Å². The van der Waals surface area contributed by atoms with Gasteiger partial charge in [-0.25, -0.2) is 8.78 Å². The molecule has 0 radical (unpaired) electrons. The van der Waals surface area contributed by atoms with E-state index < -0.39 is 0 Å². The van der Waals surface area contributed by atoms with Gasteiger partial charge < -0.3 is 10.6 Å². The summed E-state index contributed by atoms with van der Waals surface area (Å²) in [6.45, 7) is 4.01. The minimum Gasteiger partial charge on any atom is -0.326 e. The van der Waals surface area contributed by atoms with Gasteiger partial charge in [0, 0.05) is 56.4 Å². The first-order chi connectivity index (χ1) is 28.0. The largest absolute Gasteiger partial charge is 0.326 e. The van der Waals surface area contributed by atoms with Crippen molar-refractivity contribution < 1.29 is 18.4 Å². The number of anilines is 2. The summed E-state index contributed by atoms with van der Waals surface area (Å²) in [6.07, 6.45) is 11.6. The number of nitrogens with zero attached hydrogens (tertiary/aromatic N) is 2. The molecular weight excluding hydrogens is 773 g/mol. The van der Waals surface area contributed by atoms with E-state index in [0.29, 0.717) is 33.7 Å². The molecule has 8 rings (SSSR count). The summed E-state index contributed by atoms with van der Waals surface area (Å²) < 4.78 is 27.5. The van der Waals surface area contributed by atoms with Crippen molar-refractivity contribution in [2.75, 3.05) is 10.6 Å². The number of amides is 2. The van der Waals surface area contributed by atoms with Crippen LogP contribution in [0.1, 0.15) is 88.2 Å². The van der Waals surface area contributed by atoms with Crippen LogP contribution in [0.3, 0.4) is 0 Å². The maximum absolute atomic E-state index is 13.8. The van der Waals surface area contributed by atoms with E-state index in [0.717, 1.165) is 84.5 Å². The van der Waals surface area contributed by atoms with Crippen molar-refractivity contribution in [3.63, 3.8) is 0 Å². The number of pyridine rings is 2. The van der Waals surface area contributed by atoms with Gasteiger partial charge in [-0.05, 0) is 183 Å². The van der Waals surface area contributed by atoms with E-state index in [1.54, 1.807) is 48.5 Å². The Morgan fingerprint density at radius 1 is 0.552 bits per heavy atom. The number of halogens is 4. The number of rotatable bonds is 8. The summed E-state index contributed by atoms with van der Waals surface area (Å²) in [6, 6.07) is 28.0. The molecule has 2 aliphatic carbocycles. The first kappa shape index (κ1) is 41.2. The van der Waals surface area contributed by atoms with Crippen molar-refractivity contribution in [1.29, 1.82) is 0 Å². The van der Waals surface area contributed by atoms with Gasteiger partial charge in [0.05, 0.1) is 11.0 Å². The highest BCUT2D eigenvalue weighted by molar-refractivity contribution is 6.31. The van der Waals surface area contributed by atoms with Gasteiger partial charge in [0.25, 0.3) is 0 Å². The van der Waals surface area contributed by atoms with Crippen LogP contribution >= 0.6 is 23.2 Å². The molecule has 0 spiro atoms. The zero-order valence-corrected chi connectivity index (χ0v) is 34.2. The molecule has 0 bridgehead atoms. The summed E-state index contributed by atoms with van der Waals surface area (Å²) in [4.78, 5) is 34.1. The Bertz CT molecular complexity index is 2190. The fourth-order valence-electron chi connectivity index (χ4n) is 8.86. The molecule has 6 aromatic rings. The van der Waals surface area contributed by atoms with Gasteiger partial charge >= 0.3 is 0 Å². The normalized spacial score (nSPS) is 20.4. The standard InChI is InChI=1S/2C24H24ClFN2O/c2*1-15(24(29)28-20-9-6-18(25)7-10-20)16-2-4-17(5-3-16)21-12-13-27-23-11-8-19(26)14-22(21)23/h2*6-17H,2-5H2,1H3,(H,28,29)/t2*15-,16?,17?/m11/s1. The third kappa shape index (κ3) is 10.0. The predicted octanol–water partition coefficient (Wildman–Crippen LogP) is 13.2. The summed E-state index contributed by atoms with van der Waals surface area (Å²) in [5, 5.41) is 9.10. The lowest BCUT2D eigenvalue weighted by molar-refractivity contribution is -0.122. The summed E-state index contributed by atoms with van der Waals surface area (Å²) in [5.41, 5.74) is 5.55. The molecule has 0 saturated heterocycles. The van der Waals surface area contributed by atoms with Gasteiger partial charge in [-0.1, -0.05) is 37.0 Å². The van der Waals surface area contributed by atoms with Gasteiger partial charge in [-0.15, -0.1) is 0 Å². The second-order valence-electron chi connectivity index (χ2n) is 15.9. The highest BCUT2D eigenvalue weighted by Crippen LogP contribution is 2.42. The van der Waals surface area contributed by atoms with Crippen molar-refractivity contribution in [3.05, 3.63) is 142 Å². The molecule has 2 saturated carbocycles. The summed E-state index contributed by atoms with van der Waals surface area (Å²) in [7, 11) is 0. The molecule has 2 amide bonds. The van der Waals surface area contributed by atoms with E-state index in [-0.39, 0.29) is 35.3 Å². The second-order valence-corrected chi connectivity index (χ2v) is 16.8. The van der Waals surface area contributed by atoms with Gasteiger partial charge in [0.1, 0.15) is 11.6 Å². The third-order valence-corrected chi connectivity index (χ3v) is 12.9. The van der Waals surface area contributed by atoms with Crippen LogP contribution in [-0.4, -0.2) is 21.8 Å². The van der Waals surface area contributed by atoms with E-state index in [4.69, 9.17) is 23.2 Å². The van der Waals surface area contributed by atoms with Crippen molar-refractivity contribution >= 4 is 68.2 Å². The number of aromatic nitrogens is 2. The van der Waals surface area contributed by atoms with Crippen molar-refractivity contribution in [3.8, 4) is 0 Å². The molecule has 0 aliphatic heterocycles. The Hall–Kier alpha value is -4.92. The van der Waals surface area contributed by atoms with E-state index in [1.807, 2.05) is 62.6 Å². The second kappa shape index (κ2) is 18.8. The average molecular weight is 822 g/mol. The highest BCUT2D eigenvalue weighted by atomic mass is 35.5. The fourth-order valence-corrected chi connectivity index (χ4v) is 9.11. The summed E-state index contributed by atoms with van der Waals surface area (Å²) in [5.74, 6) is 0.985. The molecule has 0 unspecified atom stereocenters. The quantitative estimate of drug-likeness (QED) is 0.160. The molecule has 2 atom stereocenters. The smallest absolute Gasteiger partial charge is 0.227 e. The molecule has 6 nitrogen and oxygen atoms in total. The maximum atomic E-state index is 13.8. The van der Waals surface area contributed by atoms with Gasteiger partial charge in [0.2, 0.25) is 11.8 Å². The number of carbonyl (C=O) groups is 2. The number of carbonyl (C=O) groups excluding carboxylic acids is 2. The van der Waals surface area contributed by atoms with Crippen LogP contribution in [0.2, 0.25) is 10.0 Å². The predicted molar refractivity (Wildman–Crippen MR) is 231 cm³/mol. The van der Waals surface area contributed by atoms with E-state index in [1.165, 1.54) is 23.3 Å². The lowest BCUT2D eigenvalue weighted by Crippen LogP contribution is -2.29. The van der Waals surface area contributed by atoms with Gasteiger partial charge in [-0.2, -0.15) is 0 Å². The van der Waals surface area contributed by atoms with Crippen LogP contribution in [0.4, 0.5) is 20.2 Å². The van der Waals surface area contributed by atoms with Crippen molar-refractivity contribution in [1.82, 2.24) is 9.97 Å². The minimum atomic E-state index is -0.229. The SMILES string of the molecule is C[C@@H](C(=O)Nc1ccc(Cl)cc1)C1CCC(c2ccnc3ccc(F)cc23)CC1.C[C@@H](C(=O)Nc1ccc(Cl)cc1)C1CCC(c2ccnc3ccc(F)cc23)CC1. The Labute approximate surface area is 348 Å². The first-order valence-electron chi connectivity index (χ1n) is 20.2. The lowest BCUT2D eigenvalue weighted by atomic mass is 9.73. The average Bonchev–Trinajstić information content (AvgIpc) is 3.24. The van der Waals surface area contributed by atoms with Crippen LogP contribution in [0.25, 0.3) is 21.8 Å². The number of hydrogen-bond acceptors (Lipinski definition) is 4. The number of nitrogens with one attached hydrogen (secondary N) is 2. The van der Waals surface area contributed by atoms with Gasteiger partial charge in [-0.3, -0.25) is 19.6 Å². The van der Waals surface area contributed by atoms with Crippen molar-refractivity contribution in [2.24, 2.45) is 23.7 Å². The Morgan fingerprint density at radius 2 is 0.914 bits per heavy atom. The molecule has 2 heterocycles. The molecule has 4 aromatic carbocycles. The molecule has 2 fully saturated rings. The van der Waals surface area contributed by atoms with Crippen LogP contribution in [-0.2, 0) is 9.59 Å². The Balaban J connectivity index is 0.000000177. The zero-order chi connectivity index (χ0) is 40.8. The third-order valence-electron chi connectivity index (χ3n) is 12.4. The lowest BCUT2D eigenvalue weighted by Gasteiger charge is -2.32. The Morgan fingerprint density at radius 3 is 1.28 bits per heavy atom. The first-order valence-corrected chi connectivity index (χ1v) is 21.0. The van der Waals surface area contributed by atoms with Crippen LogP contribution in [0.5, 0.6) is 0 Å². The fraction of sp³-hybridized carbons (Fsp3) is 0.333. The van der Waals surface area contributed by atoms with Crippen LogP contribution in [0.15, 0.2) is 109 Å². The van der Waals surface area contributed by atoms with Crippen LogP contribution < -0.4 is 10.6 Å². The monoisotopic (exact) mass is 820 g/mol. The number of benzene rings is 4.